The number of amides is 2. The van der Waals surface area contributed by atoms with Gasteiger partial charge in [-0.2, -0.15) is 0 Å². The Labute approximate surface area is 192 Å². The van der Waals surface area contributed by atoms with E-state index in [2.05, 4.69) is 6.07 Å². The van der Waals surface area contributed by atoms with E-state index in [9.17, 15) is 14.7 Å². The Morgan fingerprint density at radius 1 is 1.00 bits per heavy atom. The molecule has 0 spiro atoms. The van der Waals surface area contributed by atoms with Gasteiger partial charge in [-0.3, -0.25) is 9.59 Å². The lowest BCUT2D eigenvalue weighted by atomic mass is 9.94. The van der Waals surface area contributed by atoms with Crippen molar-refractivity contribution >= 4 is 11.8 Å². The second-order valence-corrected chi connectivity index (χ2v) is 8.72. The average Bonchev–Trinajstić information content (AvgIpc) is 3.21. The first-order valence-electron chi connectivity index (χ1n) is 11.2. The molecule has 0 radical (unpaired) electrons. The molecule has 0 bridgehead atoms. The van der Waals surface area contributed by atoms with Crippen LogP contribution >= 0.6 is 0 Å². The molecule has 3 N–H and O–H groups in total. The Morgan fingerprint density at radius 3 is 2.52 bits per heavy atom. The largest absolute Gasteiger partial charge is 0.497 e. The van der Waals surface area contributed by atoms with Gasteiger partial charge in [0.25, 0.3) is 5.91 Å². The summed E-state index contributed by atoms with van der Waals surface area (Å²) >= 11 is 0. The van der Waals surface area contributed by atoms with Crippen LogP contribution in [-0.4, -0.2) is 48.1 Å². The highest BCUT2D eigenvalue weighted by Crippen LogP contribution is 2.42. The molecule has 168 valence electrons. The predicted octanol–water partition coefficient (Wildman–Crippen LogP) is 3.63. The van der Waals surface area contributed by atoms with Crippen molar-refractivity contribution in [2.75, 3.05) is 20.2 Å². The van der Waals surface area contributed by atoms with Gasteiger partial charge in [-0.1, -0.05) is 18.2 Å². The number of hydrogen-bond donors (Lipinski definition) is 2. The Balaban J connectivity index is 1.53. The molecule has 2 amide bonds. The molecule has 3 aromatic rings. The summed E-state index contributed by atoms with van der Waals surface area (Å²) in [6.45, 7) is 1.13. The molecular formula is C27H26N2O4. The molecular weight excluding hydrogens is 416 g/mol. The number of primary amides is 1. The Kier molecular flexibility index (Phi) is 5.38. The molecule has 0 saturated carbocycles. The van der Waals surface area contributed by atoms with Crippen molar-refractivity contribution in [3.05, 3.63) is 76.9 Å². The molecule has 0 aromatic heterocycles. The van der Waals surface area contributed by atoms with Crippen LogP contribution in [0.4, 0.5) is 0 Å². The van der Waals surface area contributed by atoms with E-state index in [1.165, 1.54) is 0 Å². The van der Waals surface area contributed by atoms with E-state index >= 15 is 0 Å². The van der Waals surface area contributed by atoms with Crippen LogP contribution in [0, 0.1) is 0 Å². The highest BCUT2D eigenvalue weighted by atomic mass is 16.5. The van der Waals surface area contributed by atoms with Crippen molar-refractivity contribution in [3.63, 3.8) is 0 Å². The number of rotatable bonds is 4. The molecule has 3 aromatic carbocycles. The molecule has 1 saturated heterocycles. The molecule has 2 aliphatic rings. The number of nitrogens with zero attached hydrogens (tertiary/aromatic N) is 1. The quantitative estimate of drug-likeness (QED) is 0.505. The van der Waals surface area contributed by atoms with Crippen LogP contribution in [0.3, 0.4) is 0 Å². The van der Waals surface area contributed by atoms with E-state index in [0.29, 0.717) is 43.5 Å². The highest BCUT2D eigenvalue weighted by Gasteiger charge is 2.27. The lowest BCUT2D eigenvalue weighted by Gasteiger charge is -2.29. The lowest BCUT2D eigenvalue weighted by Crippen LogP contribution is -2.40. The predicted molar refractivity (Wildman–Crippen MR) is 126 cm³/mol. The van der Waals surface area contributed by atoms with E-state index in [-0.39, 0.29) is 12.0 Å². The van der Waals surface area contributed by atoms with Gasteiger partial charge in [0.05, 0.1) is 13.2 Å². The molecule has 5 rings (SSSR count). The number of fused-ring (bicyclic) bond motifs is 3. The number of methoxy groups -OCH3 is 1. The minimum absolute atomic E-state index is 0.0205. The van der Waals surface area contributed by atoms with E-state index in [1.807, 2.05) is 48.5 Å². The van der Waals surface area contributed by atoms with Gasteiger partial charge in [-0.25, -0.2) is 0 Å². The Bertz CT molecular complexity index is 1260. The van der Waals surface area contributed by atoms with Gasteiger partial charge < -0.3 is 20.5 Å². The van der Waals surface area contributed by atoms with Crippen molar-refractivity contribution in [2.45, 2.75) is 25.4 Å². The van der Waals surface area contributed by atoms with Crippen LogP contribution < -0.4 is 10.5 Å². The topological polar surface area (TPSA) is 92.9 Å². The Morgan fingerprint density at radius 2 is 1.79 bits per heavy atom. The van der Waals surface area contributed by atoms with Crippen molar-refractivity contribution in [1.29, 1.82) is 0 Å². The number of hydrogen-bond acceptors (Lipinski definition) is 4. The number of nitrogens with two attached hydrogens (primary N) is 1. The van der Waals surface area contributed by atoms with Gasteiger partial charge in [-0.05, 0) is 89.0 Å². The number of aliphatic hydroxyl groups excluding tert-OH is 1. The molecule has 1 heterocycles. The molecule has 6 nitrogen and oxygen atoms in total. The van der Waals surface area contributed by atoms with E-state index < -0.39 is 5.91 Å². The summed E-state index contributed by atoms with van der Waals surface area (Å²) in [6.07, 6.45) is 1.45. The summed E-state index contributed by atoms with van der Waals surface area (Å²) in [5.41, 5.74) is 12.6. The average molecular weight is 443 g/mol. The maximum Gasteiger partial charge on any atom is 0.253 e. The normalized spacial score (nSPS) is 15.2. The molecule has 6 heteroatoms. The summed E-state index contributed by atoms with van der Waals surface area (Å²) in [5, 5.41) is 9.73. The molecule has 0 unspecified atom stereocenters. The second kappa shape index (κ2) is 8.37. The van der Waals surface area contributed by atoms with Gasteiger partial charge in [0.15, 0.2) is 0 Å². The highest BCUT2D eigenvalue weighted by molar-refractivity contribution is 6.01. The second-order valence-electron chi connectivity index (χ2n) is 8.72. The van der Waals surface area contributed by atoms with Crippen LogP contribution in [0.15, 0.2) is 54.6 Å². The first-order chi connectivity index (χ1) is 15.9. The number of likely N-dealkylation sites (tertiary alicyclic amines) is 1. The number of carbonyl (C=O) groups excluding carboxylic acids is 2. The minimum atomic E-state index is -0.466. The third-order valence-electron chi connectivity index (χ3n) is 6.68. The van der Waals surface area contributed by atoms with Gasteiger partial charge >= 0.3 is 0 Å². The van der Waals surface area contributed by atoms with E-state index in [4.69, 9.17) is 10.5 Å². The standard InChI is InChI=1S/C27H26N2O4/c1-33-21-4-2-3-16(12-21)18-13-23-22-6-5-17(27(32)29-9-7-20(30)8-10-29)11-19(22)15-24(23)25(14-18)26(28)31/h2-6,11-14,20,30H,7-10,15H2,1H3,(H2,28,31). The fourth-order valence-corrected chi connectivity index (χ4v) is 4.87. The molecule has 1 aliphatic carbocycles. The van der Waals surface area contributed by atoms with Crippen LogP contribution in [0.1, 0.15) is 44.7 Å². The van der Waals surface area contributed by atoms with E-state index in [1.54, 1.807) is 12.0 Å². The Hall–Kier alpha value is -3.64. The van der Waals surface area contributed by atoms with Crippen molar-refractivity contribution in [2.24, 2.45) is 5.73 Å². The third kappa shape index (κ3) is 3.87. The fraction of sp³-hybridized carbons (Fsp3) is 0.259. The number of carbonyl (C=O) groups is 2. The van der Waals surface area contributed by atoms with Crippen molar-refractivity contribution < 1.29 is 19.4 Å². The number of benzene rings is 3. The SMILES string of the molecule is COc1cccc(-c2cc(C(N)=O)c3c(c2)-c2ccc(C(=O)N4CCC(O)CC4)cc2C3)c1. The summed E-state index contributed by atoms with van der Waals surface area (Å²) in [7, 11) is 1.62. The van der Waals surface area contributed by atoms with Gasteiger partial charge in [0.1, 0.15) is 5.75 Å². The van der Waals surface area contributed by atoms with Crippen LogP contribution in [-0.2, 0) is 6.42 Å². The zero-order valence-corrected chi connectivity index (χ0v) is 18.5. The smallest absolute Gasteiger partial charge is 0.253 e. The van der Waals surface area contributed by atoms with Crippen molar-refractivity contribution in [3.8, 4) is 28.0 Å². The summed E-state index contributed by atoms with van der Waals surface area (Å²) < 4.78 is 5.35. The number of ether oxygens (including phenoxy) is 1. The van der Waals surface area contributed by atoms with Crippen molar-refractivity contribution in [1.82, 2.24) is 4.90 Å². The van der Waals surface area contributed by atoms with Gasteiger partial charge in [0.2, 0.25) is 5.91 Å². The van der Waals surface area contributed by atoms with Crippen LogP contribution in [0.2, 0.25) is 0 Å². The van der Waals surface area contributed by atoms with Gasteiger partial charge in [-0.15, -0.1) is 0 Å². The first-order valence-corrected chi connectivity index (χ1v) is 11.2. The third-order valence-corrected chi connectivity index (χ3v) is 6.68. The zero-order chi connectivity index (χ0) is 23.1. The molecule has 33 heavy (non-hydrogen) atoms. The maximum atomic E-state index is 13.0. The summed E-state index contributed by atoms with van der Waals surface area (Å²) in [4.78, 5) is 27.2. The first kappa shape index (κ1) is 21.2. The fourth-order valence-electron chi connectivity index (χ4n) is 4.87. The zero-order valence-electron chi connectivity index (χ0n) is 18.5. The lowest BCUT2D eigenvalue weighted by molar-refractivity contribution is 0.0546. The van der Waals surface area contributed by atoms with Gasteiger partial charge in [0, 0.05) is 24.2 Å². The number of aliphatic hydroxyl groups is 1. The molecule has 1 aliphatic heterocycles. The summed E-state index contributed by atoms with van der Waals surface area (Å²) in [6, 6.07) is 17.4. The number of piperidine rings is 1. The van der Waals surface area contributed by atoms with Crippen LogP contribution in [0.25, 0.3) is 22.3 Å². The van der Waals surface area contributed by atoms with Crippen LogP contribution in [0.5, 0.6) is 5.75 Å². The van der Waals surface area contributed by atoms with E-state index in [0.717, 1.165) is 39.1 Å². The maximum absolute atomic E-state index is 13.0. The molecule has 1 fully saturated rings. The summed E-state index contributed by atoms with van der Waals surface area (Å²) in [5.74, 6) is 0.252. The molecule has 0 atom stereocenters. The monoisotopic (exact) mass is 442 g/mol. The minimum Gasteiger partial charge on any atom is -0.497 e.